The Morgan fingerprint density at radius 1 is 1.19 bits per heavy atom. The highest BCUT2D eigenvalue weighted by atomic mass is 16.5. The molecule has 37 heavy (non-hydrogen) atoms. The van der Waals surface area contributed by atoms with Gasteiger partial charge in [-0.05, 0) is 23.1 Å². The van der Waals surface area contributed by atoms with Gasteiger partial charge in [-0.15, -0.1) is 0 Å². The van der Waals surface area contributed by atoms with Gasteiger partial charge in [-0.1, -0.05) is 32.9 Å². The van der Waals surface area contributed by atoms with Crippen molar-refractivity contribution in [1.29, 1.82) is 0 Å². The molecule has 5 rings (SSSR count). The molecule has 4 heterocycles. The number of aliphatic hydroxyl groups is 2. The highest BCUT2D eigenvalue weighted by Gasteiger charge is 2.73. The van der Waals surface area contributed by atoms with Gasteiger partial charge in [0.1, 0.15) is 12.1 Å². The molecule has 1 spiro atoms. The zero-order valence-corrected chi connectivity index (χ0v) is 20.9. The van der Waals surface area contributed by atoms with Crippen molar-refractivity contribution >= 4 is 29.6 Å². The molecule has 13 nitrogen and oxygen atoms in total. The van der Waals surface area contributed by atoms with E-state index in [1.165, 1.54) is 4.90 Å². The SMILES string of the molecule is CC(C)(C)c1cccc(C(=O)NC2CN3C(N)=N[C@@H](CN4C(=O)CCC4=O)C4N=C(N)N[C@]43C2(O)O)c1. The molecule has 1 aromatic rings. The molecule has 1 aromatic carbocycles. The minimum Gasteiger partial charge on any atom is -0.370 e. The maximum Gasteiger partial charge on any atom is 0.251 e. The molecule has 4 atom stereocenters. The van der Waals surface area contributed by atoms with E-state index in [1.807, 2.05) is 26.8 Å². The van der Waals surface area contributed by atoms with E-state index < -0.39 is 35.5 Å². The highest BCUT2D eigenvalue weighted by molar-refractivity contribution is 6.02. The first-order valence-electron chi connectivity index (χ1n) is 12.2. The Morgan fingerprint density at radius 3 is 2.51 bits per heavy atom. The van der Waals surface area contributed by atoms with Gasteiger partial charge < -0.3 is 37.2 Å². The number of nitrogens with one attached hydrogen (secondary N) is 2. The number of rotatable bonds is 4. The van der Waals surface area contributed by atoms with E-state index in [1.54, 1.807) is 18.2 Å². The molecule has 2 unspecified atom stereocenters. The van der Waals surface area contributed by atoms with Gasteiger partial charge in [0, 0.05) is 24.9 Å². The van der Waals surface area contributed by atoms with Gasteiger partial charge in [0.2, 0.25) is 17.6 Å². The summed E-state index contributed by atoms with van der Waals surface area (Å²) in [6, 6.07) is 4.01. The van der Waals surface area contributed by atoms with Crippen LogP contribution in [0.4, 0.5) is 0 Å². The minimum atomic E-state index is -2.61. The molecule has 3 amide bonds. The fraction of sp³-hybridized carbons (Fsp3) is 0.542. The van der Waals surface area contributed by atoms with E-state index in [9.17, 15) is 24.6 Å². The van der Waals surface area contributed by atoms with Gasteiger partial charge in [0.05, 0.1) is 12.6 Å². The summed E-state index contributed by atoms with van der Waals surface area (Å²) in [6.45, 7) is 5.85. The Bertz CT molecular complexity index is 1220. The van der Waals surface area contributed by atoms with Crippen LogP contribution in [0.3, 0.4) is 0 Å². The van der Waals surface area contributed by atoms with Crippen LogP contribution in [0, 0.1) is 0 Å². The fourth-order valence-electron chi connectivity index (χ4n) is 5.62. The smallest absolute Gasteiger partial charge is 0.251 e. The number of nitrogens with zero attached hydrogens (tertiary/aromatic N) is 4. The lowest BCUT2D eigenvalue weighted by Gasteiger charge is -2.49. The number of benzene rings is 1. The van der Waals surface area contributed by atoms with E-state index in [-0.39, 0.29) is 55.1 Å². The zero-order chi connectivity index (χ0) is 26.9. The van der Waals surface area contributed by atoms with Crippen molar-refractivity contribution in [3.05, 3.63) is 35.4 Å². The third kappa shape index (κ3) is 3.72. The molecule has 0 aliphatic carbocycles. The molecular formula is C24H32N8O5. The number of imide groups is 1. The molecule has 4 aliphatic rings. The number of hydrogen-bond donors (Lipinski definition) is 6. The number of aliphatic imine (C=N–C) groups is 2. The quantitative estimate of drug-likeness (QED) is 0.193. The molecule has 0 radical (unpaired) electrons. The predicted molar refractivity (Wildman–Crippen MR) is 133 cm³/mol. The highest BCUT2D eigenvalue weighted by Crippen LogP contribution is 2.45. The van der Waals surface area contributed by atoms with Crippen LogP contribution < -0.4 is 22.1 Å². The number of nitrogens with two attached hydrogens (primary N) is 2. The number of carbonyl (C=O) groups is 3. The second-order valence-electron chi connectivity index (χ2n) is 11.0. The molecule has 13 heteroatoms. The van der Waals surface area contributed by atoms with Crippen LogP contribution >= 0.6 is 0 Å². The summed E-state index contributed by atoms with van der Waals surface area (Å²) in [6.07, 6.45) is 0.204. The van der Waals surface area contributed by atoms with Crippen LogP contribution in [-0.2, 0) is 15.0 Å². The molecule has 8 N–H and O–H groups in total. The normalized spacial score (nSPS) is 30.5. The molecule has 0 saturated carbocycles. The topological polar surface area (TPSA) is 199 Å². The van der Waals surface area contributed by atoms with E-state index in [2.05, 4.69) is 20.6 Å². The van der Waals surface area contributed by atoms with Crippen molar-refractivity contribution in [2.45, 2.75) is 68.6 Å². The third-order valence-electron chi connectivity index (χ3n) is 7.62. The van der Waals surface area contributed by atoms with Gasteiger partial charge in [-0.3, -0.25) is 19.3 Å². The van der Waals surface area contributed by atoms with Crippen molar-refractivity contribution in [2.75, 3.05) is 13.1 Å². The number of carbonyl (C=O) groups excluding carboxylic acids is 3. The van der Waals surface area contributed by atoms with Crippen molar-refractivity contribution in [1.82, 2.24) is 20.4 Å². The average Bonchev–Trinajstić information content (AvgIpc) is 3.41. The number of likely N-dealkylation sites (tertiary alicyclic amines) is 1. The van der Waals surface area contributed by atoms with Crippen LogP contribution in [0.15, 0.2) is 34.3 Å². The van der Waals surface area contributed by atoms with E-state index in [4.69, 9.17) is 11.5 Å². The molecular weight excluding hydrogens is 480 g/mol. The average molecular weight is 513 g/mol. The minimum absolute atomic E-state index is 0.0586. The second kappa shape index (κ2) is 8.15. The lowest BCUT2D eigenvalue weighted by molar-refractivity contribution is -0.230. The van der Waals surface area contributed by atoms with Gasteiger partial charge in [-0.25, -0.2) is 9.98 Å². The van der Waals surface area contributed by atoms with Crippen molar-refractivity contribution in [3.63, 3.8) is 0 Å². The van der Waals surface area contributed by atoms with Crippen LogP contribution in [0.5, 0.6) is 0 Å². The molecule has 198 valence electrons. The van der Waals surface area contributed by atoms with E-state index >= 15 is 0 Å². The first-order valence-corrected chi connectivity index (χ1v) is 12.2. The first kappa shape index (κ1) is 25.0. The summed E-state index contributed by atoms with van der Waals surface area (Å²) >= 11 is 0. The van der Waals surface area contributed by atoms with E-state index in [0.29, 0.717) is 5.56 Å². The van der Waals surface area contributed by atoms with Crippen LogP contribution in [0.1, 0.15) is 49.5 Å². The Labute approximate surface area is 213 Å². The molecule has 2 saturated heterocycles. The van der Waals surface area contributed by atoms with Gasteiger partial charge >= 0.3 is 0 Å². The lowest BCUT2D eigenvalue weighted by Crippen LogP contribution is -2.78. The number of guanidine groups is 2. The summed E-state index contributed by atoms with van der Waals surface area (Å²) in [5.74, 6) is -3.93. The standard InChI is InChI=1S/C24H32N8O5/c1-22(2,3)13-6-4-5-12(9-13)19(35)28-15-11-32-21(26)27-14(10-31-16(33)7-8-17(31)34)18-23(32,24(15,36)37)30-20(25)29-18/h4-6,9,14-15,18,36-37H,7-8,10-11H2,1-3H3,(H2,26,27)(H,28,35)(H3,25,29,30)/t14-,15?,18?,23+/m0/s1. The van der Waals surface area contributed by atoms with Crippen molar-refractivity contribution < 1.29 is 24.6 Å². The summed E-state index contributed by atoms with van der Waals surface area (Å²) in [5.41, 5.74) is 11.6. The fourth-order valence-corrected chi connectivity index (χ4v) is 5.62. The Kier molecular flexibility index (Phi) is 5.50. The van der Waals surface area contributed by atoms with Crippen molar-refractivity contribution in [3.8, 4) is 0 Å². The number of amides is 3. The van der Waals surface area contributed by atoms with Crippen LogP contribution in [-0.4, -0.2) is 92.3 Å². The zero-order valence-electron chi connectivity index (χ0n) is 20.9. The molecule has 4 aliphatic heterocycles. The first-order chi connectivity index (χ1) is 17.3. The summed E-state index contributed by atoms with van der Waals surface area (Å²) in [5, 5.41) is 28.7. The largest absolute Gasteiger partial charge is 0.370 e. The monoisotopic (exact) mass is 512 g/mol. The second-order valence-corrected chi connectivity index (χ2v) is 11.0. The molecule has 0 bridgehead atoms. The molecule has 0 aromatic heterocycles. The summed E-state index contributed by atoms with van der Waals surface area (Å²) in [7, 11) is 0. The lowest BCUT2D eigenvalue weighted by atomic mass is 9.84. The molecule has 2 fully saturated rings. The maximum atomic E-state index is 13.2. The van der Waals surface area contributed by atoms with Gasteiger partial charge in [0.15, 0.2) is 17.6 Å². The number of hydrogen-bond acceptors (Lipinski definition) is 11. The maximum absolute atomic E-state index is 13.2. The Morgan fingerprint density at radius 2 is 1.86 bits per heavy atom. The van der Waals surface area contributed by atoms with Crippen LogP contribution in [0.2, 0.25) is 0 Å². The Balaban J connectivity index is 1.45. The Hall–Kier alpha value is -3.71. The summed E-state index contributed by atoms with van der Waals surface area (Å²) in [4.78, 5) is 49.0. The van der Waals surface area contributed by atoms with Gasteiger partial charge in [-0.2, -0.15) is 0 Å². The van der Waals surface area contributed by atoms with Gasteiger partial charge in [0.25, 0.3) is 5.91 Å². The van der Waals surface area contributed by atoms with Crippen LogP contribution in [0.25, 0.3) is 0 Å². The summed E-state index contributed by atoms with van der Waals surface area (Å²) < 4.78 is 0. The predicted octanol–water partition coefficient (Wildman–Crippen LogP) is -2.09. The van der Waals surface area contributed by atoms with Crippen molar-refractivity contribution in [2.24, 2.45) is 21.5 Å². The van der Waals surface area contributed by atoms with E-state index in [0.717, 1.165) is 10.5 Å². The third-order valence-corrected chi connectivity index (χ3v) is 7.62.